The number of hydrogen-bond acceptors (Lipinski definition) is 4. The van der Waals surface area contributed by atoms with Crippen molar-refractivity contribution < 1.29 is 19.5 Å². The number of anilines is 1. The van der Waals surface area contributed by atoms with Crippen LogP contribution in [0.25, 0.3) is 0 Å². The number of benzene rings is 2. The fraction of sp³-hybridized carbons (Fsp3) is 0.278. The number of amides is 1. The lowest BCUT2D eigenvalue weighted by Crippen LogP contribution is -2.27. The Morgan fingerprint density at radius 1 is 1.09 bits per heavy atom. The van der Waals surface area contributed by atoms with Crippen molar-refractivity contribution in [2.45, 2.75) is 27.4 Å². The van der Waals surface area contributed by atoms with E-state index in [0.29, 0.717) is 16.3 Å². The van der Waals surface area contributed by atoms with Crippen LogP contribution in [0.2, 0.25) is 0 Å². The quantitative estimate of drug-likeness (QED) is 0.680. The normalized spacial score (nSPS) is 10.3. The number of ether oxygens (including phenoxy) is 2. The molecule has 5 nitrogen and oxygen atoms in total. The van der Waals surface area contributed by atoms with Crippen molar-refractivity contribution in [2.75, 3.05) is 12.2 Å². The average Bonchev–Trinajstić information content (AvgIpc) is 2.52. The summed E-state index contributed by atoms with van der Waals surface area (Å²) in [7, 11) is 1.21. The molecule has 0 aliphatic carbocycles. The van der Waals surface area contributed by atoms with E-state index in [0.717, 1.165) is 16.9 Å². The second kappa shape index (κ2) is 7.15. The summed E-state index contributed by atoms with van der Waals surface area (Å²) in [5.74, 6) is 0.769. The van der Waals surface area contributed by atoms with E-state index in [4.69, 9.17) is 4.74 Å². The number of hydroxylamine groups is 1. The Balaban J connectivity index is 2.24. The van der Waals surface area contributed by atoms with Crippen LogP contribution in [-0.2, 0) is 11.3 Å². The van der Waals surface area contributed by atoms with Crippen molar-refractivity contribution in [1.82, 2.24) is 0 Å². The predicted octanol–water partition coefficient (Wildman–Crippen LogP) is 4.15. The van der Waals surface area contributed by atoms with Crippen molar-refractivity contribution in [3.63, 3.8) is 0 Å². The Hall–Kier alpha value is -2.53. The molecule has 0 heterocycles. The number of aryl methyl sites for hydroxylation is 3. The zero-order valence-corrected chi connectivity index (χ0v) is 13.8. The van der Waals surface area contributed by atoms with E-state index in [1.807, 2.05) is 51.1 Å². The van der Waals surface area contributed by atoms with Crippen LogP contribution in [0.4, 0.5) is 10.5 Å². The van der Waals surface area contributed by atoms with E-state index in [2.05, 4.69) is 4.74 Å². The van der Waals surface area contributed by atoms with Gasteiger partial charge in [0.15, 0.2) is 0 Å². The molecule has 0 aromatic heterocycles. The van der Waals surface area contributed by atoms with Crippen LogP contribution in [-0.4, -0.2) is 18.4 Å². The van der Waals surface area contributed by atoms with Gasteiger partial charge >= 0.3 is 6.09 Å². The Morgan fingerprint density at radius 2 is 1.74 bits per heavy atom. The van der Waals surface area contributed by atoms with E-state index in [1.165, 1.54) is 12.7 Å². The predicted molar refractivity (Wildman–Crippen MR) is 88.1 cm³/mol. The highest BCUT2D eigenvalue weighted by atomic mass is 16.6. The first-order valence-electron chi connectivity index (χ1n) is 7.29. The molecule has 23 heavy (non-hydrogen) atoms. The molecule has 0 fully saturated rings. The Morgan fingerprint density at radius 3 is 2.39 bits per heavy atom. The third-order valence-corrected chi connectivity index (χ3v) is 3.52. The molecule has 0 bridgehead atoms. The van der Waals surface area contributed by atoms with Crippen LogP contribution in [0.1, 0.15) is 22.3 Å². The summed E-state index contributed by atoms with van der Waals surface area (Å²) in [6.07, 6.45) is -0.846. The summed E-state index contributed by atoms with van der Waals surface area (Å²) >= 11 is 0. The van der Waals surface area contributed by atoms with Gasteiger partial charge in [-0.05, 0) is 38.5 Å². The molecule has 0 aliphatic heterocycles. The number of carbonyl (C=O) groups excluding carboxylic acids is 1. The third kappa shape index (κ3) is 4.02. The molecular formula is C18H21NO4. The largest absolute Gasteiger partial charge is 0.489 e. The Labute approximate surface area is 136 Å². The monoisotopic (exact) mass is 315 g/mol. The summed E-state index contributed by atoms with van der Waals surface area (Å²) in [5, 5.41) is 10.4. The molecule has 0 unspecified atom stereocenters. The SMILES string of the molecule is COC(=O)N(O)c1ccc(C)cc1COc1ccc(C)cc1C. The second-order valence-electron chi connectivity index (χ2n) is 5.47. The summed E-state index contributed by atoms with van der Waals surface area (Å²) < 4.78 is 10.4. The topological polar surface area (TPSA) is 59.0 Å². The van der Waals surface area contributed by atoms with Gasteiger partial charge in [-0.1, -0.05) is 35.4 Å². The van der Waals surface area contributed by atoms with Crippen LogP contribution in [0.3, 0.4) is 0 Å². The van der Waals surface area contributed by atoms with E-state index < -0.39 is 6.09 Å². The molecule has 0 saturated carbocycles. The maximum atomic E-state index is 11.5. The van der Waals surface area contributed by atoms with Gasteiger partial charge in [0, 0.05) is 5.56 Å². The van der Waals surface area contributed by atoms with Gasteiger partial charge in [-0.25, -0.2) is 4.79 Å². The lowest BCUT2D eigenvalue weighted by atomic mass is 10.1. The molecule has 0 atom stereocenters. The Bertz CT molecular complexity index is 712. The van der Waals surface area contributed by atoms with Gasteiger partial charge in [0.2, 0.25) is 0 Å². The third-order valence-electron chi connectivity index (χ3n) is 3.52. The molecule has 122 valence electrons. The van der Waals surface area contributed by atoms with Crippen LogP contribution in [0.15, 0.2) is 36.4 Å². The van der Waals surface area contributed by atoms with Crippen molar-refractivity contribution in [3.8, 4) is 5.75 Å². The van der Waals surface area contributed by atoms with Crippen LogP contribution >= 0.6 is 0 Å². The first-order valence-corrected chi connectivity index (χ1v) is 7.29. The fourth-order valence-corrected chi connectivity index (χ4v) is 2.34. The van der Waals surface area contributed by atoms with E-state index in [-0.39, 0.29) is 6.61 Å². The molecule has 2 aromatic rings. The van der Waals surface area contributed by atoms with Gasteiger partial charge in [0.25, 0.3) is 0 Å². The molecule has 2 rings (SSSR count). The molecular weight excluding hydrogens is 294 g/mol. The molecule has 0 saturated heterocycles. The van der Waals surface area contributed by atoms with Crippen molar-refractivity contribution in [1.29, 1.82) is 0 Å². The summed E-state index contributed by atoms with van der Waals surface area (Å²) in [6.45, 7) is 6.17. The van der Waals surface area contributed by atoms with Crippen molar-refractivity contribution in [2.24, 2.45) is 0 Å². The zero-order valence-electron chi connectivity index (χ0n) is 13.8. The second-order valence-corrected chi connectivity index (χ2v) is 5.47. The molecule has 0 spiro atoms. The smallest absolute Gasteiger partial charge is 0.438 e. The highest BCUT2D eigenvalue weighted by Crippen LogP contribution is 2.25. The average molecular weight is 315 g/mol. The molecule has 1 N–H and O–H groups in total. The van der Waals surface area contributed by atoms with Crippen molar-refractivity contribution in [3.05, 3.63) is 58.7 Å². The summed E-state index contributed by atoms with van der Waals surface area (Å²) in [5.41, 5.74) is 4.24. The lowest BCUT2D eigenvalue weighted by molar-refractivity contribution is 0.140. The van der Waals surface area contributed by atoms with Crippen LogP contribution in [0, 0.1) is 20.8 Å². The molecule has 0 aliphatic rings. The highest BCUT2D eigenvalue weighted by Gasteiger charge is 2.17. The zero-order chi connectivity index (χ0) is 17.0. The number of carbonyl (C=O) groups is 1. The minimum atomic E-state index is -0.846. The maximum absolute atomic E-state index is 11.5. The van der Waals surface area contributed by atoms with Gasteiger partial charge in [0.1, 0.15) is 12.4 Å². The fourth-order valence-electron chi connectivity index (χ4n) is 2.34. The highest BCUT2D eigenvalue weighted by molar-refractivity contribution is 5.85. The lowest BCUT2D eigenvalue weighted by Gasteiger charge is -2.18. The van der Waals surface area contributed by atoms with E-state index >= 15 is 0 Å². The molecule has 5 heteroatoms. The first-order chi connectivity index (χ1) is 10.9. The molecule has 1 amide bonds. The van der Waals surface area contributed by atoms with Gasteiger partial charge in [-0.15, -0.1) is 0 Å². The van der Waals surface area contributed by atoms with E-state index in [9.17, 15) is 10.0 Å². The standard InChI is InChI=1S/C18H21NO4/c1-12-6-8-17(14(3)9-12)23-11-15-10-13(2)5-7-16(15)19(21)18(20)22-4/h5-10,21H,11H2,1-4H3. The van der Waals surface area contributed by atoms with Crippen LogP contribution < -0.4 is 9.80 Å². The van der Waals surface area contributed by atoms with Crippen LogP contribution in [0.5, 0.6) is 5.75 Å². The van der Waals surface area contributed by atoms with Gasteiger partial charge < -0.3 is 9.47 Å². The van der Waals surface area contributed by atoms with Crippen molar-refractivity contribution >= 4 is 11.8 Å². The number of rotatable bonds is 4. The molecule has 0 radical (unpaired) electrons. The minimum Gasteiger partial charge on any atom is -0.489 e. The maximum Gasteiger partial charge on any atom is 0.438 e. The summed E-state index contributed by atoms with van der Waals surface area (Å²) in [4.78, 5) is 11.5. The van der Waals surface area contributed by atoms with Gasteiger partial charge in [-0.2, -0.15) is 5.06 Å². The minimum absolute atomic E-state index is 0.231. The van der Waals surface area contributed by atoms with Gasteiger partial charge in [-0.3, -0.25) is 5.21 Å². The first kappa shape index (κ1) is 16.8. The number of nitrogens with zero attached hydrogens (tertiary/aromatic N) is 1. The molecule has 2 aromatic carbocycles. The van der Waals surface area contributed by atoms with E-state index in [1.54, 1.807) is 6.07 Å². The Kier molecular flexibility index (Phi) is 5.24. The summed E-state index contributed by atoms with van der Waals surface area (Å²) in [6, 6.07) is 11.3. The number of hydrogen-bond donors (Lipinski definition) is 1. The number of methoxy groups -OCH3 is 1. The van der Waals surface area contributed by atoms with Gasteiger partial charge in [0.05, 0.1) is 12.8 Å².